The molecule has 4 heterocycles. The minimum absolute atomic E-state index is 0.0884. The van der Waals surface area contributed by atoms with Gasteiger partial charge in [-0.2, -0.15) is 0 Å². The number of benzene rings is 1. The summed E-state index contributed by atoms with van der Waals surface area (Å²) in [5, 5.41) is 1.14. The smallest absolute Gasteiger partial charge is 0.263 e. The van der Waals surface area contributed by atoms with Crippen molar-refractivity contribution in [2.24, 2.45) is 11.8 Å². The molecular weight excluding hydrogens is 422 g/mol. The highest BCUT2D eigenvalue weighted by atomic mass is 32.1. The van der Waals surface area contributed by atoms with Crippen LogP contribution in [0.5, 0.6) is 0 Å². The van der Waals surface area contributed by atoms with E-state index >= 15 is 0 Å². The van der Waals surface area contributed by atoms with Crippen molar-refractivity contribution >= 4 is 33.2 Å². The van der Waals surface area contributed by atoms with Gasteiger partial charge in [0.2, 0.25) is 5.56 Å². The Morgan fingerprint density at radius 1 is 1.00 bits per heavy atom. The lowest BCUT2D eigenvalue weighted by Gasteiger charge is -2.44. The Labute approximate surface area is 190 Å². The topological polar surface area (TPSA) is 73.5 Å². The molecule has 2 aromatic heterocycles. The third-order valence-electron chi connectivity index (χ3n) is 6.83. The van der Waals surface area contributed by atoms with Crippen LogP contribution < -0.4 is 5.56 Å². The zero-order valence-electron chi connectivity index (χ0n) is 18.2. The standard InChI is InChI=1S/C25H27N3O3S/c1-16-5-4-7-17-11-21(32-23(16)17)25(31)27-10-3-2-6-19(13-27)20-14-28(15-20)24(30)18-8-9-26-22(29)12-18/h4-5,7-9,11-12,19-20H,2-3,6,10,13-15H2,1H3,(H,26,29). The average Bonchev–Trinajstić information content (AvgIpc) is 3.05. The van der Waals surface area contributed by atoms with Gasteiger partial charge in [0, 0.05) is 48.7 Å². The number of aromatic amines is 1. The zero-order chi connectivity index (χ0) is 22.2. The number of amides is 2. The van der Waals surface area contributed by atoms with Gasteiger partial charge in [-0.05, 0) is 54.7 Å². The SMILES string of the molecule is Cc1cccc2cc(C(=O)N3CCCCC(C4CN(C(=O)c5cc[nH]c(=O)c5)C4)C3)sc12. The fourth-order valence-electron chi connectivity index (χ4n) is 4.95. The molecule has 1 unspecified atom stereocenters. The molecule has 2 amide bonds. The predicted molar refractivity (Wildman–Crippen MR) is 126 cm³/mol. The van der Waals surface area contributed by atoms with Crippen LogP contribution in [0.1, 0.15) is 44.9 Å². The number of nitrogens with one attached hydrogen (secondary N) is 1. The maximum Gasteiger partial charge on any atom is 0.263 e. The minimum atomic E-state index is -0.262. The lowest BCUT2D eigenvalue weighted by molar-refractivity contribution is 0.0295. The molecular formula is C25H27N3O3S. The second kappa shape index (κ2) is 8.54. The number of thiophene rings is 1. The normalized spacial score (nSPS) is 19.6. The number of nitrogens with zero attached hydrogens (tertiary/aromatic N) is 2. The molecule has 2 fully saturated rings. The van der Waals surface area contributed by atoms with Crippen molar-refractivity contribution in [2.45, 2.75) is 26.2 Å². The summed E-state index contributed by atoms with van der Waals surface area (Å²) in [7, 11) is 0. The number of rotatable bonds is 3. The number of carbonyl (C=O) groups excluding carboxylic acids is 2. The van der Waals surface area contributed by atoms with E-state index in [2.05, 4.69) is 24.0 Å². The third kappa shape index (κ3) is 3.97. The zero-order valence-corrected chi connectivity index (χ0v) is 19.0. The molecule has 7 heteroatoms. The van der Waals surface area contributed by atoms with E-state index in [4.69, 9.17) is 0 Å². The van der Waals surface area contributed by atoms with Gasteiger partial charge in [-0.25, -0.2) is 0 Å². The van der Waals surface area contributed by atoms with Crippen molar-refractivity contribution in [3.63, 3.8) is 0 Å². The lowest BCUT2D eigenvalue weighted by atomic mass is 9.82. The number of likely N-dealkylation sites (tertiary alicyclic amines) is 2. The van der Waals surface area contributed by atoms with Crippen molar-refractivity contribution in [1.82, 2.24) is 14.8 Å². The Bertz CT molecular complexity index is 1220. The summed E-state index contributed by atoms with van der Waals surface area (Å²) in [4.78, 5) is 44.7. The molecule has 0 spiro atoms. The summed E-state index contributed by atoms with van der Waals surface area (Å²) in [5.41, 5.74) is 1.38. The molecule has 6 nitrogen and oxygen atoms in total. The van der Waals surface area contributed by atoms with Gasteiger partial charge in [0.25, 0.3) is 11.8 Å². The van der Waals surface area contributed by atoms with E-state index in [1.165, 1.54) is 22.5 Å². The van der Waals surface area contributed by atoms with Crippen LogP contribution in [0, 0.1) is 18.8 Å². The van der Waals surface area contributed by atoms with E-state index in [-0.39, 0.29) is 17.4 Å². The first kappa shape index (κ1) is 20.9. The van der Waals surface area contributed by atoms with Crippen molar-refractivity contribution in [1.29, 1.82) is 0 Å². The molecule has 0 radical (unpaired) electrons. The molecule has 0 bridgehead atoms. The number of carbonyl (C=O) groups is 2. The van der Waals surface area contributed by atoms with Crippen molar-refractivity contribution < 1.29 is 9.59 Å². The molecule has 5 rings (SSSR count). The third-order valence-corrected chi connectivity index (χ3v) is 8.11. The fourth-order valence-corrected chi connectivity index (χ4v) is 6.05. The Morgan fingerprint density at radius 2 is 1.81 bits per heavy atom. The molecule has 1 aromatic carbocycles. The van der Waals surface area contributed by atoms with E-state index in [0.29, 0.717) is 30.5 Å². The number of H-pyrrole nitrogens is 1. The van der Waals surface area contributed by atoms with Crippen LogP contribution in [0.15, 0.2) is 47.4 Å². The number of hydrogen-bond donors (Lipinski definition) is 1. The van der Waals surface area contributed by atoms with Gasteiger partial charge >= 0.3 is 0 Å². The second-order valence-corrected chi connectivity index (χ2v) is 10.1. The van der Waals surface area contributed by atoms with Gasteiger partial charge in [0.15, 0.2) is 0 Å². The minimum Gasteiger partial charge on any atom is -0.338 e. The van der Waals surface area contributed by atoms with Crippen LogP contribution >= 0.6 is 11.3 Å². The highest BCUT2D eigenvalue weighted by Crippen LogP contribution is 2.33. The second-order valence-electron chi connectivity index (χ2n) is 9.02. The van der Waals surface area contributed by atoms with Crippen molar-refractivity contribution in [3.8, 4) is 0 Å². The van der Waals surface area contributed by atoms with Gasteiger partial charge in [-0.15, -0.1) is 11.3 Å². The molecule has 2 aliphatic heterocycles. The number of hydrogen-bond acceptors (Lipinski definition) is 4. The number of aryl methyl sites for hydroxylation is 1. The molecule has 0 saturated carbocycles. The van der Waals surface area contributed by atoms with E-state index in [9.17, 15) is 14.4 Å². The summed E-state index contributed by atoms with van der Waals surface area (Å²) in [6.07, 6.45) is 4.73. The summed E-state index contributed by atoms with van der Waals surface area (Å²) in [6.45, 7) is 5.03. The summed E-state index contributed by atoms with van der Waals surface area (Å²) in [6, 6.07) is 11.2. The van der Waals surface area contributed by atoms with Crippen LogP contribution in [0.3, 0.4) is 0 Å². The van der Waals surface area contributed by atoms with E-state index < -0.39 is 0 Å². The van der Waals surface area contributed by atoms with E-state index in [1.54, 1.807) is 17.4 Å². The van der Waals surface area contributed by atoms with Gasteiger partial charge in [-0.3, -0.25) is 14.4 Å². The Morgan fingerprint density at radius 3 is 2.59 bits per heavy atom. The van der Waals surface area contributed by atoms with Crippen LogP contribution in [0.4, 0.5) is 0 Å². The molecule has 0 aliphatic carbocycles. The first-order valence-electron chi connectivity index (χ1n) is 11.3. The van der Waals surface area contributed by atoms with Crippen LogP contribution in [0.25, 0.3) is 10.1 Å². The Hall–Kier alpha value is -2.93. The maximum atomic E-state index is 13.3. The first-order chi connectivity index (χ1) is 15.5. The monoisotopic (exact) mass is 449 g/mol. The van der Waals surface area contributed by atoms with Crippen molar-refractivity contribution in [2.75, 3.05) is 26.2 Å². The highest BCUT2D eigenvalue weighted by molar-refractivity contribution is 7.21. The van der Waals surface area contributed by atoms with Gasteiger partial charge in [-0.1, -0.05) is 24.6 Å². The van der Waals surface area contributed by atoms with Crippen LogP contribution in [0.2, 0.25) is 0 Å². The van der Waals surface area contributed by atoms with E-state index in [0.717, 1.165) is 42.6 Å². The molecule has 2 aliphatic rings. The quantitative estimate of drug-likeness (QED) is 0.659. The molecule has 1 atom stereocenters. The molecule has 1 N–H and O–H groups in total. The summed E-state index contributed by atoms with van der Waals surface area (Å²) in [5.74, 6) is 0.850. The van der Waals surface area contributed by atoms with Gasteiger partial charge < -0.3 is 14.8 Å². The number of fused-ring (bicyclic) bond motifs is 1. The maximum absolute atomic E-state index is 13.3. The van der Waals surface area contributed by atoms with Crippen molar-refractivity contribution in [3.05, 3.63) is 69.0 Å². The number of aromatic nitrogens is 1. The molecule has 32 heavy (non-hydrogen) atoms. The predicted octanol–water partition coefficient (Wildman–Crippen LogP) is 3.91. The number of pyridine rings is 1. The largest absolute Gasteiger partial charge is 0.338 e. The Kier molecular flexibility index (Phi) is 5.59. The van der Waals surface area contributed by atoms with E-state index in [1.807, 2.05) is 21.9 Å². The van der Waals surface area contributed by atoms with Crippen LogP contribution in [-0.2, 0) is 0 Å². The molecule has 166 valence electrons. The summed E-state index contributed by atoms with van der Waals surface area (Å²) < 4.78 is 1.19. The first-order valence-corrected chi connectivity index (χ1v) is 12.1. The lowest BCUT2D eigenvalue weighted by Crippen LogP contribution is -2.54. The Balaban J connectivity index is 1.25. The fraction of sp³-hybridized carbons (Fsp3) is 0.400. The summed E-state index contributed by atoms with van der Waals surface area (Å²) >= 11 is 1.59. The molecule has 2 saturated heterocycles. The highest BCUT2D eigenvalue weighted by Gasteiger charge is 2.38. The van der Waals surface area contributed by atoms with Gasteiger partial charge in [0.1, 0.15) is 0 Å². The van der Waals surface area contributed by atoms with Gasteiger partial charge in [0.05, 0.1) is 4.88 Å². The molecule has 3 aromatic rings. The average molecular weight is 450 g/mol. The van der Waals surface area contributed by atoms with Crippen LogP contribution in [-0.4, -0.2) is 52.8 Å².